The van der Waals surface area contributed by atoms with Crippen LogP contribution in [0.3, 0.4) is 0 Å². The maximum absolute atomic E-state index is 10.7. The number of alkyl halides is 1. The summed E-state index contributed by atoms with van der Waals surface area (Å²) in [6.07, 6.45) is 1.80. The number of nitrogens with zero attached hydrogens (tertiary/aromatic N) is 1. The summed E-state index contributed by atoms with van der Waals surface area (Å²) in [5, 5.41) is 10.7. The number of aliphatic imine (C=N–C) groups is 1. The van der Waals surface area contributed by atoms with Crippen molar-refractivity contribution in [2.24, 2.45) is 4.99 Å². The van der Waals surface area contributed by atoms with Crippen molar-refractivity contribution >= 4 is 30.5 Å². The van der Waals surface area contributed by atoms with Gasteiger partial charge in [-0.2, -0.15) is 0 Å². The van der Waals surface area contributed by atoms with Gasteiger partial charge in [-0.1, -0.05) is 77.9 Å². The number of hydrogen-bond acceptors (Lipinski definition) is 2. The van der Waals surface area contributed by atoms with Crippen LogP contribution in [-0.4, -0.2) is 18.5 Å². The molecule has 0 saturated heterocycles. The Labute approximate surface area is 204 Å². The number of phenols is 1. The van der Waals surface area contributed by atoms with Gasteiger partial charge in [-0.15, -0.1) is 0 Å². The molecule has 1 N–H and O–H groups in total. The van der Waals surface area contributed by atoms with E-state index < -0.39 is 17.0 Å². The van der Waals surface area contributed by atoms with E-state index in [1.54, 1.807) is 6.21 Å². The fraction of sp³-hybridized carbons (Fsp3) is 0.409. The minimum atomic E-state index is -0.556. The van der Waals surface area contributed by atoms with E-state index in [0.717, 1.165) is 11.1 Å². The molecular weight excluding hydrogens is 508 g/mol. The number of halogens is 7. The summed E-state index contributed by atoms with van der Waals surface area (Å²) in [5.41, 5.74) is 3.63. The quantitative estimate of drug-likeness (QED) is 0.231. The van der Waals surface area contributed by atoms with Crippen LogP contribution in [0.4, 0.5) is 28.4 Å². The molecule has 0 heterocycles. The van der Waals surface area contributed by atoms with Gasteiger partial charge in [0.2, 0.25) is 0 Å². The standard InChI is InChI=1S/C21H27NO.CH3F.2ClH.2F2.Ti/c1-20(2,3)16-12-17(21(4,5)6)19(23)18(13-16)22-14-15-10-8-7-9-11-15;1-2;;;2*1-2;/h7-14,23H,1-6H3;1H3;2*1H;;;/q;;;;;;+2/p-2. The van der Waals surface area contributed by atoms with Crippen LogP contribution in [0.15, 0.2) is 47.5 Å². The van der Waals surface area contributed by atoms with E-state index in [9.17, 15) is 9.50 Å². The van der Waals surface area contributed by atoms with Gasteiger partial charge in [0.25, 0.3) is 0 Å². The Kier molecular flexibility index (Phi) is 21.4. The molecule has 2 rings (SSSR count). The summed E-state index contributed by atoms with van der Waals surface area (Å²) >= 11 is -0.556. The summed E-state index contributed by atoms with van der Waals surface area (Å²) in [6, 6.07) is 14.0. The zero-order valence-corrected chi connectivity index (χ0v) is 22.2. The molecule has 0 radical (unpaired) electrons. The second-order valence-electron chi connectivity index (χ2n) is 8.13. The SMILES string of the molecule is CC(C)(C)c1cc(N=Cc2ccccc2)c(O)c(C(C)(C)C)c1.CF.FF.FF.[Cl][Ti][Cl]. The topological polar surface area (TPSA) is 32.6 Å². The van der Waals surface area contributed by atoms with Crippen LogP contribution in [0.1, 0.15) is 58.2 Å². The zero-order valence-electron chi connectivity index (χ0n) is 19.2. The summed E-state index contributed by atoms with van der Waals surface area (Å²) < 4.78 is 41.5. The molecule has 0 fully saturated rings. The Balaban J connectivity index is -0.000000822. The second-order valence-corrected chi connectivity index (χ2v) is 10.7. The third-order valence-electron chi connectivity index (χ3n) is 3.92. The van der Waals surface area contributed by atoms with Gasteiger partial charge in [0.1, 0.15) is 11.4 Å². The minimum absolute atomic E-state index is 0.00468. The fourth-order valence-corrected chi connectivity index (χ4v) is 2.41. The first-order chi connectivity index (χ1) is 15.0. The van der Waals surface area contributed by atoms with Crippen LogP contribution in [0.25, 0.3) is 0 Å². The van der Waals surface area contributed by atoms with Crippen LogP contribution < -0.4 is 0 Å². The molecule has 2 aromatic carbocycles. The molecule has 10 heteroatoms. The van der Waals surface area contributed by atoms with Gasteiger partial charge in [0.15, 0.2) is 0 Å². The van der Waals surface area contributed by atoms with Gasteiger partial charge >= 0.3 is 35.6 Å². The second kappa shape index (κ2) is 19.3. The van der Waals surface area contributed by atoms with Crippen molar-refractivity contribution < 1.29 is 44.8 Å². The van der Waals surface area contributed by atoms with Crippen molar-refractivity contribution in [3.05, 3.63) is 59.2 Å². The summed E-state index contributed by atoms with van der Waals surface area (Å²) in [5.74, 6) is 0.276. The first-order valence-corrected chi connectivity index (χ1v) is 13.4. The van der Waals surface area contributed by atoms with Gasteiger partial charge in [-0.25, -0.2) is 0 Å². The Morgan fingerprint density at radius 2 is 1.28 bits per heavy atom. The molecule has 0 atom stereocenters. The average Bonchev–Trinajstić information content (AvgIpc) is 2.77. The van der Waals surface area contributed by atoms with E-state index in [2.05, 4.69) is 52.6 Å². The molecule has 182 valence electrons. The molecule has 32 heavy (non-hydrogen) atoms. The van der Waals surface area contributed by atoms with Crippen LogP contribution in [0, 0.1) is 0 Å². The van der Waals surface area contributed by atoms with Gasteiger partial charge in [-0.05, 0) is 28.0 Å². The number of hydrogen-bond donors (Lipinski definition) is 1. The molecular formula is C22H30Cl2F5NOTi. The molecule has 0 spiro atoms. The maximum atomic E-state index is 10.7. The van der Waals surface area contributed by atoms with Crippen LogP contribution in [0.2, 0.25) is 0 Å². The normalized spacial score (nSPS) is 10.2. The fourth-order valence-electron chi connectivity index (χ4n) is 2.41. The molecule has 0 amide bonds. The number of benzene rings is 2. The Bertz CT molecular complexity index is 752. The first-order valence-electron chi connectivity index (χ1n) is 9.10. The third kappa shape index (κ3) is 14.1. The van der Waals surface area contributed by atoms with Crippen molar-refractivity contribution in [3.63, 3.8) is 0 Å². The molecule has 0 bridgehead atoms. The van der Waals surface area contributed by atoms with E-state index in [1.165, 1.54) is 5.56 Å². The molecule has 0 aliphatic carbocycles. The molecule has 0 aromatic heterocycles. The summed E-state index contributed by atoms with van der Waals surface area (Å²) in [7, 11) is 10.3. The van der Waals surface area contributed by atoms with Crippen molar-refractivity contribution in [1.82, 2.24) is 0 Å². The first kappa shape index (κ1) is 35.4. The van der Waals surface area contributed by atoms with E-state index in [4.69, 9.17) is 36.9 Å². The zero-order chi connectivity index (χ0) is 26.0. The summed E-state index contributed by atoms with van der Waals surface area (Å²) in [4.78, 5) is 4.55. The predicted octanol–water partition coefficient (Wildman–Crippen LogP) is 9.38. The van der Waals surface area contributed by atoms with Crippen LogP contribution in [-0.2, 0) is 27.9 Å². The predicted molar refractivity (Wildman–Crippen MR) is 122 cm³/mol. The van der Waals surface area contributed by atoms with E-state index >= 15 is 0 Å². The number of phenolic OH excluding ortho intramolecular Hbond substituents is 1. The van der Waals surface area contributed by atoms with E-state index in [-0.39, 0.29) is 16.6 Å². The Morgan fingerprint density at radius 1 is 0.844 bits per heavy atom. The van der Waals surface area contributed by atoms with Crippen molar-refractivity contribution in [1.29, 1.82) is 0 Å². The number of rotatable bonds is 2. The van der Waals surface area contributed by atoms with Gasteiger partial charge in [0, 0.05) is 30.1 Å². The Morgan fingerprint density at radius 3 is 1.66 bits per heavy atom. The number of aromatic hydroxyl groups is 1. The monoisotopic (exact) mass is 537 g/mol. The molecule has 2 nitrogen and oxygen atoms in total. The van der Waals surface area contributed by atoms with Crippen LogP contribution in [0.5, 0.6) is 5.75 Å². The summed E-state index contributed by atoms with van der Waals surface area (Å²) in [6.45, 7) is 12.9. The van der Waals surface area contributed by atoms with Gasteiger partial charge in [-0.3, -0.25) is 9.38 Å². The molecule has 0 unspecified atom stereocenters. The third-order valence-corrected chi connectivity index (χ3v) is 3.92. The molecule has 0 aliphatic heterocycles. The molecule has 0 aliphatic rings. The van der Waals surface area contributed by atoms with E-state index in [0.29, 0.717) is 12.9 Å². The van der Waals surface area contributed by atoms with Gasteiger partial charge in [0.05, 0.1) is 7.18 Å². The Hall–Kier alpha value is -1.15. The van der Waals surface area contributed by atoms with E-state index in [1.807, 2.05) is 36.4 Å². The molecule has 0 saturated carbocycles. The van der Waals surface area contributed by atoms with Crippen LogP contribution >= 0.6 is 18.6 Å². The molecule has 2 aromatic rings. The van der Waals surface area contributed by atoms with Crippen molar-refractivity contribution in [3.8, 4) is 5.75 Å². The average molecular weight is 538 g/mol. The van der Waals surface area contributed by atoms with Crippen molar-refractivity contribution in [2.45, 2.75) is 52.4 Å². The van der Waals surface area contributed by atoms with Crippen molar-refractivity contribution in [2.75, 3.05) is 7.18 Å². The van der Waals surface area contributed by atoms with Gasteiger partial charge < -0.3 is 5.11 Å².